The summed E-state index contributed by atoms with van der Waals surface area (Å²) in [6.07, 6.45) is 3.14. The lowest BCUT2D eigenvalue weighted by Gasteiger charge is -2.19. The van der Waals surface area contributed by atoms with Crippen LogP contribution >= 0.6 is 0 Å². The second-order valence-corrected chi connectivity index (χ2v) is 10.7. The van der Waals surface area contributed by atoms with Crippen molar-refractivity contribution in [3.63, 3.8) is 0 Å². The van der Waals surface area contributed by atoms with Gasteiger partial charge in [0.15, 0.2) is 5.49 Å². The lowest BCUT2D eigenvalue weighted by Crippen LogP contribution is -2.35. The quantitative estimate of drug-likeness (QED) is 0.286. The van der Waals surface area contributed by atoms with Gasteiger partial charge in [-0.1, -0.05) is 39.0 Å². The molecule has 39 heavy (non-hydrogen) atoms. The molecule has 4 heterocycles. The summed E-state index contributed by atoms with van der Waals surface area (Å²) in [5.41, 5.74) is 1.94. The SMILES string of the molecule is CCOC(=O)c1cc2c(=O)n3ccccc3nc2n(C[C@@H]2CCCO2)c1=NC(=O)c1ccc(C(C)(C)C)cc1. The van der Waals surface area contributed by atoms with E-state index in [0.717, 1.165) is 18.4 Å². The molecular weight excluding hydrogens is 496 g/mol. The first-order valence-corrected chi connectivity index (χ1v) is 13.2. The van der Waals surface area contributed by atoms with Gasteiger partial charge in [0, 0.05) is 18.4 Å². The fourth-order valence-corrected chi connectivity index (χ4v) is 4.80. The van der Waals surface area contributed by atoms with E-state index in [1.807, 2.05) is 12.1 Å². The summed E-state index contributed by atoms with van der Waals surface area (Å²) in [7, 11) is 0. The summed E-state index contributed by atoms with van der Waals surface area (Å²) in [6.45, 7) is 9.01. The standard InChI is InChI=1S/C30H32N4O5/c1-5-38-29(37)23-17-22-25(31-24-10-6-7-15-33(24)28(22)36)34(18-21-9-8-16-39-21)26(23)32-27(35)19-11-13-20(14-12-19)30(2,3)4/h6-7,10-15,17,21H,5,8-9,16,18H2,1-4H3/t21-/m0/s1. The highest BCUT2D eigenvalue weighted by Crippen LogP contribution is 2.22. The van der Waals surface area contributed by atoms with Crippen molar-refractivity contribution in [3.05, 3.63) is 87.3 Å². The van der Waals surface area contributed by atoms with Gasteiger partial charge in [0.25, 0.3) is 11.5 Å². The largest absolute Gasteiger partial charge is 0.462 e. The number of aromatic nitrogens is 3. The molecule has 5 rings (SSSR count). The predicted octanol–water partition coefficient (Wildman–Crippen LogP) is 4.04. The molecule has 202 valence electrons. The van der Waals surface area contributed by atoms with Crippen LogP contribution in [0.2, 0.25) is 0 Å². The van der Waals surface area contributed by atoms with Crippen molar-refractivity contribution in [1.82, 2.24) is 14.0 Å². The molecule has 1 aliphatic heterocycles. The van der Waals surface area contributed by atoms with Crippen LogP contribution < -0.4 is 11.0 Å². The minimum Gasteiger partial charge on any atom is -0.462 e. The molecule has 0 radical (unpaired) electrons. The Kier molecular flexibility index (Phi) is 7.18. The minimum absolute atomic E-state index is 0.0248. The second-order valence-electron chi connectivity index (χ2n) is 10.7. The van der Waals surface area contributed by atoms with E-state index in [-0.39, 0.29) is 46.7 Å². The number of amides is 1. The topological polar surface area (TPSA) is 104 Å². The Labute approximate surface area is 225 Å². The number of fused-ring (bicyclic) bond motifs is 2. The number of rotatable bonds is 5. The molecule has 0 unspecified atom stereocenters. The Balaban J connectivity index is 1.79. The van der Waals surface area contributed by atoms with E-state index in [2.05, 4.69) is 25.8 Å². The van der Waals surface area contributed by atoms with Gasteiger partial charge in [-0.05, 0) is 61.1 Å². The van der Waals surface area contributed by atoms with E-state index in [4.69, 9.17) is 14.5 Å². The monoisotopic (exact) mass is 528 g/mol. The van der Waals surface area contributed by atoms with Crippen molar-refractivity contribution in [2.45, 2.75) is 58.6 Å². The van der Waals surface area contributed by atoms with E-state index in [9.17, 15) is 14.4 Å². The van der Waals surface area contributed by atoms with Crippen molar-refractivity contribution >= 4 is 28.6 Å². The van der Waals surface area contributed by atoms with Gasteiger partial charge in [-0.15, -0.1) is 0 Å². The zero-order chi connectivity index (χ0) is 27.7. The second kappa shape index (κ2) is 10.6. The molecule has 0 bridgehead atoms. The maximum Gasteiger partial charge on any atom is 0.341 e. The molecule has 1 aliphatic rings. The number of hydrogen-bond donors (Lipinski definition) is 0. The van der Waals surface area contributed by atoms with Crippen LogP contribution in [0.5, 0.6) is 0 Å². The number of carbonyl (C=O) groups excluding carboxylic acids is 2. The lowest BCUT2D eigenvalue weighted by molar-refractivity contribution is 0.0521. The molecule has 4 aromatic rings. The first-order valence-electron chi connectivity index (χ1n) is 13.2. The van der Waals surface area contributed by atoms with E-state index >= 15 is 0 Å². The number of esters is 1. The Hall–Kier alpha value is -4.11. The van der Waals surface area contributed by atoms with E-state index < -0.39 is 11.9 Å². The third kappa shape index (κ3) is 5.27. The third-order valence-corrected chi connectivity index (χ3v) is 6.90. The van der Waals surface area contributed by atoms with Gasteiger partial charge in [-0.2, -0.15) is 4.99 Å². The summed E-state index contributed by atoms with van der Waals surface area (Å²) in [5.74, 6) is -1.19. The van der Waals surface area contributed by atoms with Gasteiger partial charge >= 0.3 is 5.97 Å². The molecule has 1 saturated heterocycles. The van der Waals surface area contributed by atoms with E-state index in [0.29, 0.717) is 23.5 Å². The Morgan fingerprint density at radius 3 is 2.59 bits per heavy atom. The van der Waals surface area contributed by atoms with Gasteiger partial charge in [-0.25, -0.2) is 9.78 Å². The average molecular weight is 529 g/mol. The molecule has 0 aliphatic carbocycles. The molecule has 1 atom stereocenters. The molecule has 1 aromatic carbocycles. The van der Waals surface area contributed by atoms with Gasteiger partial charge in [0.1, 0.15) is 16.9 Å². The summed E-state index contributed by atoms with van der Waals surface area (Å²) < 4.78 is 14.3. The number of carbonyl (C=O) groups is 2. The lowest BCUT2D eigenvalue weighted by atomic mass is 9.87. The molecule has 0 N–H and O–H groups in total. The van der Waals surface area contributed by atoms with Crippen LogP contribution in [0.25, 0.3) is 16.7 Å². The predicted molar refractivity (Wildman–Crippen MR) is 147 cm³/mol. The van der Waals surface area contributed by atoms with Gasteiger partial charge < -0.3 is 14.0 Å². The van der Waals surface area contributed by atoms with Crippen LogP contribution in [-0.2, 0) is 21.4 Å². The first-order chi connectivity index (χ1) is 18.7. The number of ether oxygens (including phenoxy) is 2. The molecule has 3 aromatic heterocycles. The summed E-state index contributed by atoms with van der Waals surface area (Å²) >= 11 is 0. The summed E-state index contributed by atoms with van der Waals surface area (Å²) in [5, 5.41) is 0.223. The highest BCUT2D eigenvalue weighted by atomic mass is 16.5. The number of hydrogen-bond acceptors (Lipinski definition) is 6. The number of pyridine rings is 2. The smallest absolute Gasteiger partial charge is 0.341 e. The third-order valence-electron chi connectivity index (χ3n) is 6.90. The van der Waals surface area contributed by atoms with Crippen LogP contribution in [0.4, 0.5) is 0 Å². The molecule has 1 fully saturated rings. The molecule has 0 saturated carbocycles. The van der Waals surface area contributed by atoms with E-state index in [1.54, 1.807) is 48.0 Å². The zero-order valence-electron chi connectivity index (χ0n) is 22.6. The maximum absolute atomic E-state index is 13.5. The van der Waals surface area contributed by atoms with E-state index in [1.165, 1.54) is 10.5 Å². The van der Waals surface area contributed by atoms with Gasteiger partial charge in [0.2, 0.25) is 0 Å². The first kappa shape index (κ1) is 26.5. The van der Waals surface area contributed by atoms with Crippen LogP contribution in [0, 0.1) is 0 Å². The fraction of sp³-hybridized carbons (Fsp3) is 0.367. The maximum atomic E-state index is 13.5. The van der Waals surface area contributed by atoms with Gasteiger partial charge in [0.05, 0.1) is 24.6 Å². The molecule has 9 heteroatoms. The van der Waals surface area contributed by atoms with Crippen molar-refractivity contribution in [2.75, 3.05) is 13.2 Å². The Morgan fingerprint density at radius 1 is 1.15 bits per heavy atom. The molecule has 9 nitrogen and oxygen atoms in total. The van der Waals surface area contributed by atoms with Crippen LogP contribution in [0.15, 0.2) is 64.5 Å². The molecular formula is C30H32N4O5. The Morgan fingerprint density at radius 2 is 1.92 bits per heavy atom. The van der Waals surface area contributed by atoms with Crippen molar-refractivity contribution in [2.24, 2.45) is 4.99 Å². The number of benzene rings is 1. The van der Waals surface area contributed by atoms with Crippen LogP contribution in [0.1, 0.15) is 66.8 Å². The van der Waals surface area contributed by atoms with Crippen molar-refractivity contribution in [3.8, 4) is 0 Å². The van der Waals surface area contributed by atoms with Crippen LogP contribution in [-0.4, -0.2) is 45.1 Å². The zero-order valence-corrected chi connectivity index (χ0v) is 22.6. The highest BCUT2D eigenvalue weighted by Gasteiger charge is 2.24. The summed E-state index contributed by atoms with van der Waals surface area (Å²) in [4.78, 5) is 49.3. The number of nitrogens with zero attached hydrogens (tertiary/aromatic N) is 4. The van der Waals surface area contributed by atoms with Crippen molar-refractivity contribution < 1.29 is 19.1 Å². The minimum atomic E-state index is -0.673. The molecule has 1 amide bonds. The highest BCUT2D eigenvalue weighted by molar-refractivity contribution is 5.97. The van der Waals surface area contributed by atoms with Crippen LogP contribution in [0.3, 0.4) is 0 Å². The van der Waals surface area contributed by atoms with Gasteiger partial charge in [-0.3, -0.25) is 14.0 Å². The Bertz CT molecular complexity index is 1690. The van der Waals surface area contributed by atoms with Crippen molar-refractivity contribution in [1.29, 1.82) is 0 Å². The summed E-state index contributed by atoms with van der Waals surface area (Å²) in [6, 6.07) is 14.0. The normalized spacial score (nSPS) is 16.2. The fourth-order valence-electron chi connectivity index (χ4n) is 4.80. The molecule has 0 spiro atoms. The average Bonchev–Trinajstić information content (AvgIpc) is 3.43.